The molecule has 21 heavy (non-hydrogen) atoms. The van der Waals surface area contributed by atoms with Gasteiger partial charge in [-0.15, -0.1) is 17.5 Å². The molecule has 4 aromatic rings. The molecule has 2 aromatic heterocycles. The van der Waals surface area contributed by atoms with Crippen molar-refractivity contribution in [3.05, 3.63) is 54.6 Å². The third-order valence-corrected chi connectivity index (χ3v) is 3.23. The van der Waals surface area contributed by atoms with Gasteiger partial charge in [-0.25, -0.2) is 4.98 Å². The Hall–Kier alpha value is -2.66. The second-order valence-corrected chi connectivity index (χ2v) is 4.52. The first-order valence-corrected chi connectivity index (χ1v) is 6.29. The van der Waals surface area contributed by atoms with Crippen molar-refractivity contribution in [2.75, 3.05) is 5.73 Å². The maximum atomic E-state index is 5.76. The number of rotatable bonds is 1. The highest BCUT2D eigenvalue weighted by Gasteiger charge is 2.12. The van der Waals surface area contributed by atoms with E-state index in [2.05, 4.69) is 10.1 Å². The highest BCUT2D eigenvalue weighted by atomic mass is 35.5. The lowest BCUT2D eigenvalue weighted by Gasteiger charge is -2.06. The number of nitrogen functional groups attached to an aromatic ring is 1. The van der Waals surface area contributed by atoms with Crippen LogP contribution in [0.3, 0.4) is 0 Å². The fourth-order valence-corrected chi connectivity index (χ4v) is 2.35. The van der Waals surface area contributed by atoms with Crippen molar-refractivity contribution in [3.63, 3.8) is 0 Å². The van der Waals surface area contributed by atoms with E-state index in [-0.39, 0.29) is 18.4 Å². The molecule has 0 atom stereocenters. The molecule has 0 spiro atoms. The van der Waals surface area contributed by atoms with Crippen LogP contribution in [0.2, 0.25) is 0 Å². The number of halogens is 1. The van der Waals surface area contributed by atoms with E-state index in [1.54, 1.807) is 4.52 Å². The molecule has 0 amide bonds. The number of hydrogen-bond acceptors (Lipinski definition) is 4. The standard InChI is InChI=1S/C15H11N5.ClH/c16-15-18-14-11-8-4-5-9-12(11)17-13(20(14)19-15)10-6-2-1-3-7-10;/h1-9H,(H2,16,19);1H. The molecule has 5 nitrogen and oxygen atoms in total. The zero-order valence-corrected chi connectivity index (χ0v) is 11.8. The van der Waals surface area contributed by atoms with E-state index in [0.717, 1.165) is 27.9 Å². The van der Waals surface area contributed by atoms with Gasteiger partial charge in [-0.3, -0.25) is 0 Å². The number of fused-ring (bicyclic) bond motifs is 3. The summed E-state index contributed by atoms with van der Waals surface area (Å²) in [5, 5.41) is 5.20. The van der Waals surface area contributed by atoms with E-state index in [0.29, 0.717) is 0 Å². The van der Waals surface area contributed by atoms with E-state index in [9.17, 15) is 0 Å². The minimum atomic E-state index is 0. The molecule has 104 valence electrons. The second kappa shape index (κ2) is 5.03. The third-order valence-electron chi connectivity index (χ3n) is 3.23. The zero-order valence-electron chi connectivity index (χ0n) is 11.0. The highest BCUT2D eigenvalue weighted by molar-refractivity contribution is 5.93. The summed E-state index contributed by atoms with van der Waals surface area (Å²) in [6.45, 7) is 0. The molecular formula is C15H12ClN5. The summed E-state index contributed by atoms with van der Waals surface area (Å²) in [4.78, 5) is 9.01. The van der Waals surface area contributed by atoms with Crippen LogP contribution in [0.15, 0.2) is 54.6 Å². The molecule has 6 heteroatoms. The number of anilines is 1. The van der Waals surface area contributed by atoms with E-state index >= 15 is 0 Å². The fourth-order valence-electron chi connectivity index (χ4n) is 2.35. The molecule has 4 rings (SSSR count). The van der Waals surface area contributed by atoms with Crippen LogP contribution in [-0.2, 0) is 0 Å². The van der Waals surface area contributed by atoms with Crippen molar-refractivity contribution < 1.29 is 0 Å². The van der Waals surface area contributed by atoms with Gasteiger partial charge in [0.1, 0.15) is 0 Å². The molecule has 0 unspecified atom stereocenters. The monoisotopic (exact) mass is 297 g/mol. The van der Waals surface area contributed by atoms with Crippen LogP contribution < -0.4 is 5.73 Å². The highest BCUT2D eigenvalue weighted by Crippen LogP contribution is 2.24. The Morgan fingerprint density at radius 2 is 1.57 bits per heavy atom. The Kier molecular flexibility index (Phi) is 3.19. The Balaban J connectivity index is 0.00000132. The number of para-hydroxylation sites is 1. The van der Waals surface area contributed by atoms with E-state index in [4.69, 9.17) is 10.7 Å². The first kappa shape index (κ1) is 13.3. The smallest absolute Gasteiger partial charge is 0.240 e. The summed E-state index contributed by atoms with van der Waals surface area (Å²) < 4.78 is 1.70. The minimum Gasteiger partial charge on any atom is -0.366 e. The van der Waals surface area contributed by atoms with Crippen molar-refractivity contribution in [2.45, 2.75) is 0 Å². The number of benzene rings is 2. The van der Waals surface area contributed by atoms with E-state index < -0.39 is 0 Å². The Bertz CT molecular complexity index is 917. The summed E-state index contributed by atoms with van der Waals surface area (Å²) >= 11 is 0. The van der Waals surface area contributed by atoms with Gasteiger partial charge in [-0.05, 0) is 12.1 Å². The quantitative estimate of drug-likeness (QED) is 0.586. The lowest BCUT2D eigenvalue weighted by atomic mass is 10.2. The first-order valence-electron chi connectivity index (χ1n) is 6.29. The predicted octanol–water partition coefficient (Wildman–Crippen LogP) is 2.95. The van der Waals surface area contributed by atoms with Crippen molar-refractivity contribution in [3.8, 4) is 11.4 Å². The van der Waals surface area contributed by atoms with Crippen LogP contribution in [-0.4, -0.2) is 19.6 Å². The summed E-state index contributed by atoms with van der Waals surface area (Å²) in [7, 11) is 0. The van der Waals surface area contributed by atoms with Crippen LogP contribution in [0.25, 0.3) is 27.9 Å². The molecule has 0 aliphatic carbocycles. The van der Waals surface area contributed by atoms with Crippen LogP contribution in [0.1, 0.15) is 0 Å². The van der Waals surface area contributed by atoms with Crippen LogP contribution in [0.5, 0.6) is 0 Å². The minimum absolute atomic E-state index is 0. The van der Waals surface area contributed by atoms with Crippen molar-refractivity contribution in [1.29, 1.82) is 0 Å². The second-order valence-electron chi connectivity index (χ2n) is 4.52. The molecule has 0 fully saturated rings. The van der Waals surface area contributed by atoms with Gasteiger partial charge < -0.3 is 5.73 Å². The lowest BCUT2D eigenvalue weighted by molar-refractivity contribution is 0.951. The molecular weight excluding hydrogens is 286 g/mol. The van der Waals surface area contributed by atoms with Crippen molar-refractivity contribution >= 4 is 34.9 Å². The van der Waals surface area contributed by atoms with Crippen LogP contribution in [0.4, 0.5) is 5.95 Å². The van der Waals surface area contributed by atoms with Gasteiger partial charge in [-0.1, -0.05) is 42.5 Å². The van der Waals surface area contributed by atoms with Gasteiger partial charge in [0.2, 0.25) is 5.95 Å². The number of hydrogen-bond donors (Lipinski definition) is 1. The summed E-state index contributed by atoms with van der Waals surface area (Å²) in [6, 6.07) is 17.8. The van der Waals surface area contributed by atoms with Gasteiger partial charge in [0.25, 0.3) is 0 Å². The normalized spacial score (nSPS) is 10.7. The molecule has 0 radical (unpaired) electrons. The van der Waals surface area contributed by atoms with Gasteiger partial charge in [0.05, 0.1) is 5.52 Å². The van der Waals surface area contributed by atoms with Gasteiger partial charge in [-0.2, -0.15) is 9.50 Å². The topological polar surface area (TPSA) is 69.1 Å². The van der Waals surface area contributed by atoms with E-state index in [1.165, 1.54) is 0 Å². The van der Waals surface area contributed by atoms with E-state index in [1.807, 2.05) is 54.6 Å². The van der Waals surface area contributed by atoms with Crippen molar-refractivity contribution in [1.82, 2.24) is 19.6 Å². The Morgan fingerprint density at radius 3 is 2.38 bits per heavy atom. The van der Waals surface area contributed by atoms with Crippen LogP contribution >= 0.6 is 12.4 Å². The van der Waals surface area contributed by atoms with Crippen LogP contribution in [0, 0.1) is 0 Å². The molecule has 0 aliphatic heterocycles. The summed E-state index contributed by atoms with van der Waals surface area (Å²) in [5.41, 5.74) is 8.35. The van der Waals surface area contributed by atoms with Gasteiger partial charge >= 0.3 is 0 Å². The Labute approximate surface area is 126 Å². The third kappa shape index (κ3) is 2.08. The number of nitrogens with two attached hydrogens (primary N) is 1. The molecule has 0 saturated carbocycles. The average Bonchev–Trinajstić information content (AvgIpc) is 2.89. The fraction of sp³-hybridized carbons (Fsp3) is 0. The molecule has 0 saturated heterocycles. The van der Waals surface area contributed by atoms with Crippen molar-refractivity contribution in [2.24, 2.45) is 0 Å². The van der Waals surface area contributed by atoms with Gasteiger partial charge in [0.15, 0.2) is 11.5 Å². The largest absolute Gasteiger partial charge is 0.366 e. The zero-order chi connectivity index (χ0) is 13.5. The maximum Gasteiger partial charge on any atom is 0.240 e. The number of aromatic nitrogens is 4. The molecule has 0 bridgehead atoms. The number of nitrogens with zero attached hydrogens (tertiary/aromatic N) is 4. The molecule has 2 aromatic carbocycles. The lowest BCUT2D eigenvalue weighted by Crippen LogP contribution is -1.99. The maximum absolute atomic E-state index is 5.76. The SMILES string of the molecule is Cl.Nc1nc2c3ccccc3nc(-c3ccccc3)n2n1. The molecule has 2 heterocycles. The average molecular weight is 298 g/mol. The molecule has 2 N–H and O–H groups in total. The molecule has 0 aliphatic rings. The summed E-state index contributed by atoms with van der Waals surface area (Å²) in [6.07, 6.45) is 0. The Morgan fingerprint density at radius 1 is 0.857 bits per heavy atom. The predicted molar refractivity (Wildman–Crippen MR) is 85.4 cm³/mol. The van der Waals surface area contributed by atoms with Gasteiger partial charge in [0, 0.05) is 10.9 Å². The summed E-state index contributed by atoms with van der Waals surface area (Å²) in [5.74, 6) is 0.990. The first-order chi connectivity index (χ1) is 9.83.